The highest BCUT2D eigenvalue weighted by Crippen LogP contribution is 2.28. The van der Waals surface area contributed by atoms with E-state index in [1.54, 1.807) is 11.5 Å². The molecular weight excluding hydrogens is 354 g/mol. The van der Waals surface area contributed by atoms with E-state index in [0.717, 1.165) is 31.5 Å². The van der Waals surface area contributed by atoms with Crippen molar-refractivity contribution < 1.29 is 14.7 Å². The highest BCUT2D eigenvalue weighted by atomic mass is 32.1. The summed E-state index contributed by atoms with van der Waals surface area (Å²) in [7, 11) is 0. The third-order valence-electron chi connectivity index (χ3n) is 4.72. The van der Waals surface area contributed by atoms with Gasteiger partial charge in [0, 0.05) is 25.9 Å². The zero-order valence-corrected chi connectivity index (χ0v) is 15.7. The second kappa shape index (κ2) is 7.99. The van der Waals surface area contributed by atoms with E-state index >= 15 is 0 Å². The van der Waals surface area contributed by atoms with Crippen LogP contribution in [-0.2, 0) is 17.8 Å². The highest BCUT2D eigenvalue weighted by Gasteiger charge is 2.22. The molecule has 0 atom stereocenters. The van der Waals surface area contributed by atoms with Gasteiger partial charge in [0.25, 0.3) is 11.5 Å². The Morgan fingerprint density at radius 1 is 1.27 bits per heavy atom. The van der Waals surface area contributed by atoms with Crippen molar-refractivity contribution in [2.24, 2.45) is 0 Å². The largest absolute Gasteiger partial charge is 0.481 e. The maximum absolute atomic E-state index is 12.9. The summed E-state index contributed by atoms with van der Waals surface area (Å²) in [6.45, 7) is 2.91. The summed E-state index contributed by atoms with van der Waals surface area (Å²) < 4.78 is 1.77. The van der Waals surface area contributed by atoms with Gasteiger partial charge >= 0.3 is 5.97 Å². The molecule has 3 rings (SSSR count). The molecule has 0 saturated carbocycles. The number of unbranched alkanes of at least 4 members (excludes halogenated alkanes) is 1. The average molecular weight is 377 g/mol. The zero-order valence-electron chi connectivity index (χ0n) is 14.8. The summed E-state index contributed by atoms with van der Waals surface area (Å²) >= 11 is 1.26. The van der Waals surface area contributed by atoms with Crippen LogP contribution >= 0.6 is 11.3 Å². The van der Waals surface area contributed by atoms with Gasteiger partial charge in [-0.2, -0.15) is 0 Å². The number of rotatable bonds is 6. The number of nitrogens with one attached hydrogen (secondary N) is 1. The molecule has 0 saturated heterocycles. The first-order valence-electron chi connectivity index (χ1n) is 9.02. The number of carbonyl (C=O) groups is 2. The molecule has 2 N–H and O–H groups in total. The van der Waals surface area contributed by atoms with E-state index in [-0.39, 0.29) is 17.9 Å². The van der Waals surface area contributed by atoms with E-state index in [4.69, 9.17) is 5.11 Å². The Bertz CT molecular complexity index is 900. The molecule has 0 radical (unpaired) electrons. The molecule has 26 heavy (non-hydrogen) atoms. The number of carboxylic acids is 1. The minimum Gasteiger partial charge on any atom is -0.481 e. The third-order valence-corrected chi connectivity index (χ3v) is 5.91. The van der Waals surface area contributed by atoms with Gasteiger partial charge in [0.2, 0.25) is 0 Å². The Labute approximate surface area is 155 Å². The molecule has 0 unspecified atom stereocenters. The van der Waals surface area contributed by atoms with Crippen molar-refractivity contribution in [3.8, 4) is 0 Å². The van der Waals surface area contributed by atoms with Gasteiger partial charge in [-0.1, -0.05) is 6.42 Å². The SMILES string of the molecule is Cc1c(C(=O)NCCCCC(=O)O)sc2nc3n(c(=O)c12)CCCCC3. The highest BCUT2D eigenvalue weighted by molar-refractivity contribution is 7.20. The van der Waals surface area contributed by atoms with E-state index in [1.807, 2.05) is 0 Å². The molecule has 2 aromatic heterocycles. The van der Waals surface area contributed by atoms with Crippen LogP contribution in [0.3, 0.4) is 0 Å². The number of aliphatic carboxylic acids is 1. The van der Waals surface area contributed by atoms with Crippen LogP contribution in [0.25, 0.3) is 10.2 Å². The molecule has 140 valence electrons. The standard InChI is InChI=1S/C18H23N3O4S/c1-11-14-17(20-12-7-3-2-6-10-21(12)18(14)25)26-15(11)16(24)19-9-5-4-8-13(22)23/h2-10H2,1H3,(H,19,24)(H,22,23). The number of thiophene rings is 1. The van der Waals surface area contributed by atoms with Crippen molar-refractivity contribution >= 4 is 33.4 Å². The van der Waals surface area contributed by atoms with Crippen LogP contribution in [0.5, 0.6) is 0 Å². The van der Waals surface area contributed by atoms with Gasteiger partial charge in [0.1, 0.15) is 10.7 Å². The number of aryl methyl sites for hydroxylation is 2. The van der Waals surface area contributed by atoms with Gasteiger partial charge in [0.15, 0.2) is 0 Å². The number of carbonyl (C=O) groups excluding carboxylic acids is 1. The molecular formula is C18H23N3O4S. The average Bonchev–Trinajstić information content (AvgIpc) is 2.77. The number of hydrogen-bond donors (Lipinski definition) is 2. The van der Waals surface area contributed by atoms with E-state index in [2.05, 4.69) is 10.3 Å². The van der Waals surface area contributed by atoms with Crippen molar-refractivity contribution in [3.63, 3.8) is 0 Å². The molecule has 0 bridgehead atoms. The normalized spacial score (nSPS) is 14.0. The molecule has 8 heteroatoms. The van der Waals surface area contributed by atoms with Gasteiger partial charge in [-0.15, -0.1) is 11.3 Å². The number of hydrogen-bond acceptors (Lipinski definition) is 5. The van der Waals surface area contributed by atoms with Gasteiger partial charge in [-0.3, -0.25) is 19.0 Å². The first-order valence-corrected chi connectivity index (χ1v) is 9.83. The van der Waals surface area contributed by atoms with Gasteiger partial charge < -0.3 is 10.4 Å². The number of nitrogens with zero attached hydrogens (tertiary/aromatic N) is 2. The van der Waals surface area contributed by atoms with Gasteiger partial charge in [-0.25, -0.2) is 4.98 Å². The first-order chi connectivity index (χ1) is 12.5. The number of aromatic nitrogens is 2. The van der Waals surface area contributed by atoms with E-state index in [0.29, 0.717) is 46.6 Å². The Morgan fingerprint density at radius 2 is 2.08 bits per heavy atom. The van der Waals surface area contributed by atoms with E-state index < -0.39 is 5.97 Å². The topological polar surface area (TPSA) is 101 Å². The van der Waals surface area contributed by atoms with Crippen molar-refractivity contribution in [1.82, 2.24) is 14.9 Å². The van der Waals surface area contributed by atoms with Crippen molar-refractivity contribution in [2.75, 3.05) is 6.54 Å². The smallest absolute Gasteiger partial charge is 0.303 e. The van der Waals surface area contributed by atoms with Gasteiger partial charge in [-0.05, 0) is 38.2 Å². The molecule has 3 heterocycles. The minimum atomic E-state index is -0.831. The van der Waals surface area contributed by atoms with Crippen LogP contribution in [0.15, 0.2) is 4.79 Å². The molecule has 1 amide bonds. The lowest BCUT2D eigenvalue weighted by Crippen LogP contribution is -2.25. The molecule has 0 aromatic carbocycles. The van der Waals surface area contributed by atoms with E-state index in [1.165, 1.54) is 11.3 Å². The first kappa shape index (κ1) is 18.6. The van der Waals surface area contributed by atoms with Crippen molar-refractivity contribution in [2.45, 2.75) is 58.4 Å². The monoisotopic (exact) mass is 377 g/mol. The molecule has 1 aliphatic heterocycles. The predicted octanol–water partition coefficient (Wildman–Crippen LogP) is 2.48. The van der Waals surface area contributed by atoms with Gasteiger partial charge in [0.05, 0.1) is 10.3 Å². The second-order valence-electron chi connectivity index (χ2n) is 6.64. The van der Waals surface area contributed by atoms with Crippen LogP contribution in [0.4, 0.5) is 0 Å². The summed E-state index contributed by atoms with van der Waals surface area (Å²) in [5.41, 5.74) is 0.645. The Balaban J connectivity index is 1.81. The van der Waals surface area contributed by atoms with E-state index in [9.17, 15) is 14.4 Å². The summed E-state index contributed by atoms with van der Waals surface area (Å²) in [5.74, 6) is -0.231. The number of fused-ring (bicyclic) bond motifs is 2. The maximum Gasteiger partial charge on any atom is 0.303 e. The molecule has 1 aliphatic rings. The summed E-state index contributed by atoms with van der Waals surface area (Å²) in [6, 6.07) is 0. The Kier molecular flexibility index (Phi) is 5.70. The lowest BCUT2D eigenvalue weighted by atomic mass is 10.2. The fourth-order valence-electron chi connectivity index (χ4n) is 3.31. The van der Waals surface area contributed by atoms with Crippen LogP contribution in [0, 0.1) is 6.92 Å². The molecule has 2 aromatic rings. The lowest BCUT2D eigenvalue weighted by Gasteiger charge is -2.08. The molecule has 0 spiro atoms. The van der Waals surface area contributed by atoms with Crippen LogP contribution in [0.1, 0.15) is 59.6 Å². The van der Waals surface area contributed by atoms with Crippen LogP contribution in [-0.4, -0.2) is 33.1 Å². The Morgan fingerprint density at radius 3 is 2.85 bits per heavy atom. The number of amides is 1. The molecule has 0 fully saturated rings. The fourth-order valence-corrected chi connectivity index (χ4v) is 4.42. The van der Waals surface area contributed by atoms with Crippen LogP contribution < -0.4 is 10.9 Å². The van der Waals surface area contributed by atoms with Crippen molar-refractivity contribution in [1.29, 1.82) is 0 Å². The quantitative estimate of drug-likeness (QED) is 0.753. The third kappa shape index (κ3) is 3.80. The summed E-state index contributed by atoms with van der Waals surface area (Å²) in [5, 5.41) is 12.0. The minimum absolute atomic E-state index is 0.0406. The molecule has 7 nitrogen and oxygen atoms in total. The summed E-state index contributed by atoms with van der Waals surface area (Å²) in [6.07, 6.45) is 5.15. The maximum atomic E-state index is 12.9. The summed E-state index contributed by atoms with van der Waals surface area (Å²) in [4.78, 5) is 41.7. The fraction of sp³-hybridized carbons (Fsp3) is 0.556. The second-order valence-corrected chi connectivity index (χ2v) is 7.64. The van der Waals surface area contributed by atoms with Crippen molar-refractivity contribution in [3.05, 3.63) is 26.6 Å². The number of carboxylic acid groups (broad SMARTS) is 1. The lowest BCUT2D eigenvalue weighted by molar-refractivity contribution is -0.137. The zero-order chi connectivity index (χ0) is 18.7. The molecule has 0 aliphatic carbocycles. The van der Waals surface area contributed by atoms with Crippen LogP contribution in [0.2, 0.25) is 0 Å². The predicted molar refractivity (Wildman–Crippen MR) is 100.0 cm³/mol. The Hall–Kier alpha value is -2.22.